The van der Waals surface area contributed by atoms with E-state index >= 15 is 0 Å². The third-order valence-electron chi connectivity index (χ3n) is 6.26. The van der Waals surface area contributed by atoms with Crippen LogP contribution in [-0.2, 0) is 14.3 Å². The van der Waals surface area contributed by atoms with Crippen LogP contribution in [0, 0.1) is 31.6 Å². The van der Waals surface area contributed by atoms with E-state index in [2.05, 4.69) is 0 Å². The number of allylic oxidation sites excluding steroid dienone is 2. The zero-order valence-electron chi connectivity index (χ0n) is 18.3. The molecule has 32 heavy (non-hydrogen) atoms. The molecule has 6 heteroatoms. The Labute approximate surface area is 186 Å². The van der Waals surface area contributed by atoms with Crippen molar-refractivity contribution in [2.75, 3.05) is 11.5 Å². The van der Waals surface area contributed by atoms with Crippen molar-refractivity contribution in [3.8, 4) is 0 Å². The van der Waals surface area contributed by atoms with E-state index < -0.39 is 5.97 Å². The highest BCUT2D eigenvalue weighted by Crippen LogP contribution is 2.40. The molecule has 1 aliphatic heterocycles. The number of nitrogens with zero attached hydrogens (tertiary/aromatic N) is 1. The molecule has 2 aliphatic rings. The summed E-state index contributed by atoms with van der Waals surface area (Å²) in [5.41, 5.74) is 2.99. The second-order valence-electron chi connectivity index (χ2n) is 8.53. The molecule has 2 amide bonds. The van der Waals surface area contributed by atoms with E-state index in [9.17, 15) is 19.2 Å². The quantitative estimate of drug-likeness (QED) is 0.309. The van der Waals surface area contributed by atoms with E-state index in [1.807, 2.05) is 45.1 Å². The predicted octanol–water partition coefficient (Wildman–Crippen LogP) is 4.04. The van der Waals surface area contributed by atoms with Crippen molar-refractivity contribution < 1.29 is 23.9 Å². The van der Waals surface area contributed by atoms with Gasteiger partial charge in [0.1, 0.15) is 0 Å². The summed E-state index contributed by atoms with van der Waals surface area (Å²) < 4.78 is 5.19. The van der Waals surface area contributed by atoms with Crippen LogP contribution in [0.4, 0.5) is 5.69 Å². The molecule has 6 nitrogen and oxygen atoms in total. The number of hydrogen-bond acceptors (Lipinski definition) is 5. The van der Waals surface area contributed by atoms with Gasteiger partial charge < -0.3 is 4.74 Å². The van der Waals surface area contributed by atoms with E-state index in [0.29, 0.717) is 17.7 Å². The number of rotatable bonds is 5. The summed E-state index contributed by atoms with van der Waals surface area (Å²) in [6.07, 6.45) is 4.50. The Hall–Kier alpha value is -3.54. The van der Waals surface area contributed by atoms with E-state index in [1.54, 1.807) is 18.2 Å². The number of ether oxygens (including phenoxy) is 1. The third-order valence-corrected chi connectivity index (χ3v) is 6.26. The number of Topliss-reactive ketones (excluding diaryl/α,β-unsaturated/α-hetero) is 1. The molecule has 1 fully saturated rings. The summed E-state index contributed by atoms with van der Waals surface area (Å²) in [5, 5.41) is 0. The minimum Gasteiger partial charge on any atom is -0.454 e. The molecular formula is C26H25NO5. The highest BCUT2D eigenvalue weighted by molar-refractivity contribution is 6.22. The van der Waals surface area contributed by atoms with Crippen molar-refractivity contribution in [1.82, 2.24) is 0 Å². The van der Waals surface area contributed by atoms with Gasteiger partial charge in [-0.1, -0.05) is 36.8 Å². The van der Waals surface area contributed by atoms with Gasteiger partial charge in [0.25, 0.3) is 0 Å². The minimum atomic E-state index is -0.638. The average molecular weight is 431 g/mol. The molecule has 0 unspecified atom stereocenters. The molecule has 3 atom stereocenters. The number of carbonyl (C=O) groups excluding carboxylic acids is 4. The number of anilines is 1. The molecule has 0 bridgehead atoms. The van der Waals surface area contributed by atoms with Crippen LogP contribution in [0.15, 0.2) is 54.6 Å². The summed E-state index contributed by atoms with van der Waals surface area (Å²) in [5.74, 6) is -1.97. The number of aryl methyl sites for hydroxylation is 2. The SMILES string of the molecule is Cc1ccc(C)c(C(=O)COC(=O)c2ccc(N3C(=O)[C@H]4[C@H](C)C=CC[C@H]4C3=O)cc2)c1. The summed E-state index contributed by atoms with van der Waals surface area (Å²) in [7, 11) is 0. The van der Waals surface area contributed by atoms with Crippen LogP contribution in [0.5, 0.6) is 0 Å². The Morgan fingerprint density at radius 2 is 1.75 bits per heavy atom. The standard InChI is InChI=1S/C26H25NO5/c1-15-7-8-16(2)21(13-15)22(28)14-32-26(31)18-9-11-19(12-10-18)27-24(29)20-6-4-5-17(3)23(20)25(27)30/h4-5,7-13,17,20,23H,6,14H2,1-3H3/t17-,20-,23+/m1/s1. The lowest BCUT2D eigenvalue weighted by atomic mass is 9.78. The summed E-state index contributed by atoms with van der Waals surface area (Å²) in [6, 6.07) is 11.7. The number of fused-ring (bicyclic) bond motifs is 1. The highest BCUT2D eigenvalue weighted by Gasteiger charge is 2.50. The normalized spacial score (nSPS) is 22.1. The van der Waals surface area contributed by atoms with Crippen LogP contribution >= 0.6 is 0 Å². The van der Waals surface area contributed by atoms with Crippen LogP contribution in [0.25, 0.3) is 0 Å². The second kappa shape index (κ2) is 8.54. The largest absolute Gasteiger partial charge is 0.454 e. The number of ketones is 1. The maximum Gasteiger partial charge on any atom is 0.338 e. The number of carbonyl (C=O) groups is 4. The fourth-order valence-corrected chi connectivity index (χ4v) is 4.48. The molecule has 0 saturated carbocycles. The Morgan fingerprint density at radius 1 is 1.03 bits per heavy atom. The van der Waals surface area contributed by atoms with Crippen molar-refractivity contribution in [3.05, 3.63) is 76.9 Å². The Kier molecular flexibility index (Phi) is 5.78. The van der Waals surface area contributed by atoms with Crippen molar-refractivity contribution in [2.45, 2.75) is 27.2 Å². The predicted molar refractivity (Wildman–Crippen MR) is 119 cm³/mol. The van der Waals surface area contributed by atoms with Crippen LogP contribution in [0.1, 0.15) is 45.2 Å². The molecule has 4 rings (SSSR count). The maximum absolute atomic E-state index is 12.9. The first kappa shape index (κ1) is 21.7. The lowest BCUT2D eigenvalue weighted by Gasteiger charge is -2.22. The van der Waals surface area contributed by atoms with Gasteiger partial charge in [0.2, 0.25) is 17.6 Å². The minimum absolute atomic E-state index is 0.0130. The summed E-state index contributed by atoms with van der Waals surface area (Å²) in [4.78, 5) is 51.8. The molecule has 1 heterocycles. The third kappa shape index (κ3) is 3.88. The monoisotopic (exact) mass is 431 g/mol. The smallest absolute Gasteiger partial charge is 0.338 e. The molecule has 2 aromatic rings. The molecule has 1 aliphatic carbocycles. The van der Waals surface area contributed by atoms with Crippen LogP contribution in [0.3, 0.4) is 0 Å². The molecule has 2 aromatic carbocycles. The first-order chi connectivity index (χ1) is 15.3. The molecule has 1 saturated heterocycles. The Morgan fingerprint density at radius 3 is 2.44 bits per heavy atom. The van der Waals surface area contributed by atoms with Gasteiger partial charge in [0.05, 0.1) is 23.1 Å². The zero-order valence-corrected chi connectivity index (χ0v) is 18.3. The van der Waals surface area contributed by atoms with Crippen molar-refractivity contribution in [2.24, 2.45) is 17.8 Å². The van der Waals surface area contributed by atoms with Crippen LogP contribution in [0.2, 0.25) is 0 Å². The van der Waals surface area contributed by atoms with Crippen molar-refractivity contribution in [1.29, 1.82) is 0 Å². The van der Waals surface area contributed by atoms with Gasteiger partial charge in [-0.25, -0.2) is 4.79 Å². The second-order valence-corrected chi connectivity index (χ2v) is 8.53. The number of amides is 2. The lowest BCUT2D eigenvalue weighted by molar-refractivity contribution is -0.122. The fourth-order valence-electron chi connectivity index (χ4n) is 4.48. The molecule has 0 aromatic heterocycles. The van der Waals surface area contributed by atoms with Gasteiger partial charge in [-0.3, -0.25) is 19.3 Å². The Bertz CT molecular complexity index is 1130. The number of esters is 1. The number of benzene rings is 2. The van der Waals surface area contributed by atoms with Gasteiger partial charge in [-0.2, -0.15) is 0 Å². The summed E-state index contributed by atoms with van der Waals surface area (Å²) in [6.45, 7) is 5.32. The molecular weight excluding hydrogens is 406 g/mol. The van der Waals surface area contributed by atoms with Gasteiger partial charge in [0.15, 0.2) is 6.61 Å². The van der Waals surface area contributed by atoms with Crippen molar-refractivity contribution >= 4 is 29.3 Å². The molecule has 0 radical (unpaired) electrons. The van der Waals surface area contributed by atoms with Gasteiger partial charge in [-0.15, -0.1) is 0 Å². The van der Waals surface area contributed by atoms with Crippen molar-refractivity contribution in [3.63, 3.8) is 0 Å². The topological polar surface area (TPSA) is 80.8 Å². The number of hydrogen-bond donors (Lipinski definition) is 0. The lowest BCUT2D eigenvalue weighted by Crippen LogP contribution is -2.31. The highest BCUT2D eigenvalue weighted by atomic mass is 16.5. The van der Waals surface area contributed by atoms with Gasteiger partial charge in [0, 0.05) is 5.56 Å². The van der Waals surface area contributed by atoms with Gasteiger partial charge in [-0.05, 0) is 62.1 Å². The van der Waals surface area contributed by atoms with Crippen LogP contribution < -0.4 is 4.90 Å². The van der Waals surface area contributed by atoms with E-state index in [4.69, 9.17) is 4.74 Å². The maximum atomic E-state index is 12.9. The fraction of sp³-hybridized carbons (Fsp3) is 0.308. The van der Waals surface area contributed by atoms with E-state index in [0.717, 1.165) is 11.1 Å². The first-order valence-corrected chi connectivity index (χ1v) is 10.7. The van der Waals surface area contributed by atoms with Gasteiger partial charge >= 0.3 is 5.97 Å². The van der Waals surface area contributed by atoms with E-state index in [1.165, 1.54) is 17.0 Å². The first-order valence-electron chi connectivity index (χ1n) is 10.7. The Balaban J connectivity index is 1.43. The zero-order chi connectivity index (χ0) is 23.0. The number of imide groups is 1. The van der Waals surface area contributed by atoms with Crippen LogP contribution in [-0.4, -0.2) is 30.2 Å². The molecule has 0 N–H and O–H groups in total. The summed E-state index contributed by atoms with van der Waals surface area (Å²) >= 11 is 0. The van der Waals surface area contributed by atoms with E-state index in [-0.39, 0.29) is 47.5 Å². The average Bonchev–Trinajstić information content (AvgIpc) is 3.04. The molecule has 0 spiro atoms. The molecule has 164 valence electrons.